The third kappa shape index (κ3) is 5.55. The van der Waals surface area contributed by atoms with Crippen molar-refractivity contribution in [3.05, 3.63) is 96.1 Å². The summed E-state index contributed by atoms with van der Waals surface area (Å²) in [5.74, 6) is 1.80. The topological polar surface area (TPSA) is 40.7 Å². The fourth-order valence-corrected chi connectivity index (χ4v) is 6.26. The summed E-state index contributed by atoms with van der Waals surface area (Å²) in [4.78, 5) is 8.75. The molecule has 1 fully saturated rings. The first-order valence-electron chi connectivity index (χ1n) is 14.9. The standard InChI is InChI=1S/C37H41N3O2/c1-25(2)36-32-22-28(12-15-33(32)38-37(36)29-13-16-34(41-4)35(23-29)42-5)31-14-11-27(26-9-7-6-8-10-26)21-30(31)24-40-19-17-39(3)18-20-40/h6-16,21-23,25,38H,17-20,24H2,1-5H3. The van der Waals surface area contributed by atoms with Gasteiger partial charge >= 0.3 is 0 Å². The van der Waals surface area contributed by atoms with Crippen LogP contribution in [0.2, 0.25) is 0 Å². The molecule has 1 aromatic heterocycles. The number of hydrogen-bond acceptors (Lipinski definition) is 4. The van der Waals surface area contributed by atoms with Gasteiger partial charge in [0.1, 0.15) is 0 Å². The highest BCUT2D eigenvalue weighted by atomic mass is 16.5. The van der Waals surface area contributed by atoms with Crippen molar-refractivity contribution in [2.24, 2.45) is 0 Å². The molecule has 0 amide bonds. The van der Waals surface area contributed by atoms with Crippen LogP contribution in [0, 0.1) is 0 Å². The molecule has 1 saturated heterocycles. The van der Waals surface area contributed by atoms with Gasteiger partial charge in [-0.1, -0.05) is 62.4 Å². The van der Waals surface area contributed by atoms with E-state index < -0.39 is 0 Å². The van der Waals surface area contributed by atoms with Crippen molar-refractivity contribution in [3.63, 3.8) is 0 Å². The van der Waals surface area contributed by atoms with Gasteiger partial charge in [-0.2, -0.15) is 0 Å². The van der Waals surface area contributed by atoms with Crippen molar-refractivity contribution < 1.29 is 9.47 Å². The Hall–Kier alpha value is -4.06. The Morgan fingerprint density at radius 1 is 0.714 bits per heavy atom. The number of ether oxygens (including phenoxy) is 2. The summed E-state index contributed by atoms with van der Waals surface area (Å²) in [5, 5.41) is 1.27. The van der Waals surface area contributed by atoms with E-state index in [1.807, 2.05) is 6.07 Å². The average molecular weight is 560 g/mol. The highest BCUT2D eigenvalue weighted by Crippen LogP contribution is 2.41. The van der Waals surface area contributed by atoms with E-state index in [-0.39, 0.29) is 0 Å². The molecule has 0 saturated carbocycles. The maximum absolute atomic E-state index is 5.63. The first-order valence-corrected chi connectivity index (χ1v) is 14.9. The molecule has 2 heterocycles. The van der Waals surface area contributed by atoms with Gasteiger partial charge in [0.2, 0.25) is 0 Å². The fourth-order valence-electron chi connectivity index (χ4n) is 6.26. The van der Waals surface area contributed by atoms with Gasteiger partial charge in [-0.05, 0) is 82.7 Å². The largest absolute Gasteiger partial charge is 0.493 e. The van der Waals surface area contributed by atoms with Crippen LogP contribution < -0.4 is 9.47 Å². The van der Waals surface area contributed by atoms with Crippen LogP contribution in [0.3, 0.4) is 0 Å². The van der Waals surface area contributed by atoms with Crippen LogP contribution in [-0.2, 0) is 6.54 Å². The zero-order valence-corrected chi connectivity index (χ0v) is 25.4. The molecule has 1 aliphatic rings. The summed E-state index contributed by atoms with van der Waals surface area (Å²) in [7, 11) is 5.57. The van der Waals surface area contributed by atoms with Crippen molar-refractivity contribution in [2.45, 2.75) is 26.3 Å². The molecular formula is C37H41N3O2. The molecule has 0 bridgehead atoms. The molecule has 0 atom stereocenters. The van der Waals surface area contributed by atoms with Crippen molar-refractivity contribution in [2.75, 3.05) is 47.4 Å². The van der Waals surface area contributed by atoms with Gasteiger partial charge in [0.25, 0.3) is 0 Å². The van der Waals surface area contributed by atoms with Gasteiger partial charge in [-0.15, -0.1) is 0 Å². The molecule has 1 aliphatic heterocycles. The third-order valence-electron chi connectivity index (χ3n) is 8.60. The predicted octanol–water partition coefficient (Wildman–Crippen LogP) is 8.06. The molecule has 42 heavy (non-hydrogen) atoms. The molecule has 5 aromatic rings. The van der Waals surface area contributed by atoms with Crippen LogP contribution in [0.15, 0.2) is 84.9 Å². The number of aromatic nitrogens is 1. The van der Waals surface area contributed by atoms with E-state index in [1.54, 1.807) is 14.2 Å². The minimum Gasteiger partial charge on any atom is -0.493 e. The van der Waals surface area contributed by atoms with E-state index in [2.05, 4.69) is 115 Å². The van der Waals surface area contributed by atoms with Crippen LogP contribution in [-0.4, -0.2) is 62.2 Å². The monoisotopic (exact) mass is 559 g/mol. The zero-order valence-electron chi connectivity index (χ0n) is 25.4. The molecule has 0 unspecified atom stereocenters. The van der Waals surface area contributed by atoms with Crippen LogP contribution in [0.25, 0.3) is 44.4 Å². The Bertz CT molecular complexity index is 1680. The third-order valence-corrected chi connectivity index (χ3v) is 8.60. The lowest BCUT2D eigenvalue weighted by molar-refractivity contribution is 0.148. The van der Waals surface area contributed by atoms with Crippen molar-refractivity contribution >= 4 is 10.9 Å². The summed E-state index contributed by atoms with van der Waals surface area (Å²) in [6, 6.07) is 30.8. The number of likely N-dealkylation sites (N-methyl/N-ethyl adjacent to an activating group) is 1. The summed E-state index contributed by atoms with van der Waals surface area (Å²) >= 11 is 0. The number of methoxy groups -OCH3 is 2. The Morgan fingerprint density at radius 3 is 2.14 bits per heavy atom. The second-order valence-electron chi connectivity index (χ2n) is 11.7. The van der Waals surface area contributed by atoms with Crippen LogP contribution in [0.1, 0.15) is 30.9 Å². The van der Waals surface area contributed by atoms with Crippen molar-refractivity contribution in [1.82, 2.24) is 14.8 Å². The molecule has 0 spiro atoms. The van der Waals surface area contributed by atoms with Gasteiger partial charge in [0, 0.05) is 49.2 Å². The second kappa shape index (κ2) is 12.0. The average Bonchev–Trinajstić information content (AvgIpc) is 3.41. The normalized spacial score (nSPS) is 14.5. The van der Waals surface area contributed by atoms with E-state index >= 15 is 0 Å². The molecule has 216 valence electrons. The van der Waals surface area contributed by atoms with Crippen molar-refractivity contribution in [1.29, 1.82) is 0 Å². The number of rotatable bonds is 8. The lowest BCUT2D eigenvalue weighted by Gasteiger charge is -2.33. The number of benzene rings is 4. The minimum absolute atomic E-state index is 0.336. The maximum Gasteiger partial charge on any atom is 0.161 e. The van der Waals surface area contributed by atoms with E-state index in [9.17, 15) is 0 Å². The molecule has 1 N–H and O–H groups in total. The predicted molar refractivity (Wildman–Crippen MR) is 175 cm³/mol. The van der Waals surface area contributed by atoms with Crippen LogP contribution in [0.5, 0.6) is 11.5 Å². The maximum atomic E-state index is 5.63. The van der Waals surface area contributed by atoms with Gasteiger partial charge in [-0.25, -0.2) is 0 Å². The van der Waals surface area contributed by atoms with Crippen LogP contribution in [0.4, 0.5) is 0 Å². The number of aromatic amines is 1. The number of H-pyrrole nitrogens is 1. The Morgan fingerprint density at radius 2 is 1.43 bits per heavy atom. The SMILES string of the molecule is COc1ccc(-c2[nH]c3ccc(-c4ccc(-c5ccccc5)cc4CN4CCN(C)CC4)cc3c2C(C)C)cc1OC. The Kier molecular flexibility index (Phi) is 8.05. The first kappa shape index (κ1) is 28.1. The number of nitrogens with zero attached hydrogens (tertiary/aromatic N) is 2. The quantitative estimate of drug-likeness (QED) is 0.209. The number of nitrogens with one attached hydrogen (secondary N) is 1. The Labute approximate surface area is 249 Å². The molecular weight excluding hydrogens is 518 g/mol. The van der Waals surface area contributed by atoms with E-state index in [4.69, 9.17) is 9.47 Å². The molecule has 5 heteroatoms. The number of fused-ring (bicyclic) bond motifs is 1. The first-order chi connectivity index (χ1) is 20.4. The van der Waals surface area contributed by atoms with Gasteiger partial charge in [0.15, 0.2) is 11.5 Å². The van der Waals surface area contributed by atoms with E-state index in [1.165, 1.54) is 38.8 Å². The summed E-state index contributed by atoms with van der Waals surface area (Å²) in [6.45, 7) is 9.89. The molecule has 0 radical (unpaired) electrons. The molecule has 6 rings (SSSR count). The summed E-state index contributed by atoms with van der Waals surface area (Å²) in [6.07, 6.45) is 0. The Balaban J connectivity index is 1.45. The lowest BCUT2D eigenvalue weighted by Crippen LogP contribution is -2.43. The van der Waals surface area contributed by atoms with Gasteiger partial charge < -0.3 is 19.4 Å². The van der Waals surface area contributed by atoms with E-state index in [0.29, 0.717) is 5.92 Å². The minimum atomic E-state index is 0.336. The van der Waals surface area contributed by atoms with Crippen LogP contribution >= 0.6 is 0 Å². The summed E-state index contributed by atoms with van der Waals surface area (Å²) in [5.41, 5.74) is 11.2. The van der Waals surface area contributed by atoms with Gasteiger partial charge in [-0.3, -0.25) is 4.90 Å². The summed E-state index contributed by atoms with van der Waals surface area (Å²) < 4.78 is 11.1. The fraction of sp³-hybridized carbons (Fsp3) is 0.297. The zero-order chi connectivity index (χ0) is 29.2. The second-order valence-corrected chi connectivity index (χ2v) is 11.7. The number of piperazine rings is 1. The molecule has 4 aromatic carbocycles. The van der Waals surface area contributed by atoms with Crippen molar-refractivity contribution in [3.8, 4) is 45.0 Å². The van der Waals surface area contributed by atoms with E-state index in [0.717, 1.165) is 61.0 Å². The lowest BCUT2D eigenvalue weighted by atomic mass is 9.91. The molecule has 0 aliphatic carbocycles. The highest BCUT2D eigenvalue weighted by molar-refractivity contribution is 5.95. The molecule has 5 nitrogen and oxygen atoms in total. The van der Waals surface area contributed by atoms with Gasteiger partial charge in [0.05, 0.1) is 19.9 Å². The highest BCUT2D eigenvalue weighted by Gasteiger charge is 2.20. The smallest absolute Gasteiger partial charge is 0.161 e. The number of hydrogen-bond donors (Lipinski definition) is 1.